The number of fused-ring (bicyclic) bond motifs is 1. The molecule has 0 radical (unpaired) electrons. The second kappa shape index (κ2) is 16.4. The smallest absolute Gasteiger partial charge is 0.264 e. The minimum atomic E-state index is -4.47. The van der Waals surface area contributed by atoms with Gasteiger partial charge in [-0.05, 0) is 66.9 Å². The maximum atomic E-state index is 14.8. The molecule has 0 unspecified atom stereocenters. The first-order valence-corrected chi connectivity index (χ1v) is 19.0. The number of hydrogen-bond donors (Lipinski definition) is 1. The molecule has 13 heteroatoms. The van der Waals surface area contributed by atoms with Crippen molar-refractivity contribution >= 4 is 50.7 Å². The summed E-state index contributed by atoms with van der Waals surface area (Å²) in [6.07, 6.45) is 4.83. The summed E-state index contributed by atoms with van der Waals surface area (Å²) in [6, 6.07) is 22.1. The van der Waals surface area contributed by atoms with Crippen LogP contribution in [0.5, 0.6) is 11.5 Å². The maximum Gasteiger partial charge on any atom is 0.264 e. The predicted octanol–water partition coefficient (Wildman–Crippen LogP) is 7.19. The van der Waals surface area contributed by atoms with Gasteiger partial charge in [0, 0.05) is 40.7 Å². The molecule has 268 valence electrons. The fourth-order valence-corrected chi connectivity index (χ4v) is 8.35. The van der Waals surface area contributed by atoms with Crippen molar-refractivity contribution in [2.24, 2.45) is 0 Å². The largest absolute Gasteiger partial charge is 0.486 e. The second-order valence-corrected chi connectivity index (χ2v) is 15.2. The number of rotatable bonds is 12. The topological polar surface area (TPSA) is 105 Å². The Balaban J connectivity index is 1.42. The Morgan fingerprint density at radius 2 is 1.51 bits per heavy atom. The molecule has 0 spiro atoms. The van der Waals surface area contributed by atoms with Gasteiger partial charge in [-0.15, -0.1) is 0 Å². The van der Waals surface area contributed by atoms with Crippen LogP contribution in [0.15, 0.2) is 95.9 Å². The van der Waals surface area contributed by atoms with Gasteiger partial charge < -0.3 is 19.7 Å². The van der Waals surface area contributed by atoms with Gasteiger partial charge in [0.25, 0.3) is 10.0 Å². The lowest BCUT2D eigenvalue weighted by atomic mass is 9.94. The second-order valence-electron chi connectivity index (χ2n) is 12.6. The highest BCUT2D eigenvalue weighted by Crippen LogP contribution is 2.35. The number of anilines is 1. The molecule has 4 aromatic rings. The summed E-state index contributed by atoms with van der Waals surface area (Å²) in [5.74, 6) is -1.02. The molecule has 2 aliphatic rings. The molecule has 4 aromatic carbocycles. The molecule has 0 bridgehead atoms. The number of nitrogens with one attached hydrogen (secondary N) is 1. The molecule has 1 aliphatic carbocycles. The van der Waals surface area contributed by atoms with Crippen LogP contribution in [0.2, 0.25) is 10.0 Å². The molecule has 2 amide bonds. The highest BCUT2D eigenvalue weighted by molar-refractivity contribution is 7.92. The Kier molecular flexibility index (Phi) is 11.7. The van der Waals surface area contributed by atoms with E-state index < -0.39 is 34.3 Å². The third kappa shape index (κ3) is 8.77. The molecule has 0 aromatic heterocycles. The highest BCUT2D eigenvalue weighted by Gasteiger charge is 2.36. The third-order valence-corrected chi connectivity index (χ3v) is 11.6. The van der Waals surface area contributed by atoms with E-state index in [4.69, 9.17) is 32.7 Å². The fraction of sp³-hybridized carbons (Fsp3) is 0.316. The predicted molar refractivity (Wildman–Crippen MR) is 194 cm³/mol. The third-order valence-electron chi connectivity index (χ3n) is 9.11. The zero-order valence-corrected chi connectivity index (χ0v) is 30.1. The molecule has 6 rings (SSSR count). The van der Waals surface area contributed by atoms with Crippen molar-refractivity contribution < 1.29 is 31.9 Å². The molecule has 9 nitrogen and oxygen atoms in total. The number of halogens is 3. The van der Waals surface area contributed by atoms with Crippen LogP contribution < -0.4 is 19.1 Å². The van der Waals surface area contributed by atoms with E-state index in [-0.39, 0.29) is 57.9 Å². The standard InChI is InChI=1S/C38H38Cl2FN3O6S/c39-32-12-7-13-33(40)31(32)24-43(34(22-26-8-3-1-4-9-26)38(46)42-28-10-5-2-6-11-28)37(45)25-44(29-16-14-27(41)15-17-29)51(47,48)30-18-19-35-36(23-30)50-21-20-49-35/h1,3-4,7-9,12-19,23,28,34H,2,5-6,10-11,20-22,24-25H2,(H,42,46)/t34-/m0/s1. The van der Waals surface area contributed by atoms with Crippen molar-refractivity contribution in [3.05, 3.63) is 118 Å². The van der Waals surface area contributed by atoms with Crippen molar-refractivity contribution in [2.75, 3.05) is 24.1 Å². The summed E-state index contributed by atoms with van der Waals surface area (Å²) in [7, 11) is -4.47. The van der Waals surface area contributed by atoms with Crippen LogP contribution in [0.1, 0.15) is 43.2 Å². The lowest BCUT2D eigenvalue weighted by Crippen LogP contribution is -2.55. The quantitative estimate of drug-likeness (QED) is 0.164. The Morgan fingerprint density at radius 1 is 0.843 bits per heavy atom. The molecule has 1 saturated carbocycles. The number of hydrogen-bond acceptors (Lipinski definition) is 6. The van der Waals surface area contributed by atoms with Gasteiger partial charge in [0.2, 0.25) is 11.8 Å². The average Bonchev–Trinajstić information content (AvgIpc) is 3.14. The summed E-state index contributed by atoms with van der Waals surface area (Å²) in [5.41, 5.74) is 1.24. The number of nitrogens with zero attached hydrogens (tertiary/aromatic N) is 2. The summed E-state index contributed by atoms with van der Waals surface area (Å²) in [4.78, 5) is 30.3. The Bertz CT molecular complexity index is 1940. The lowest BCUT2D eigenvalue weighted by Gasteiger charge is -2.35. The van der Waals surface area contributed by atoms with Gasteiger partial charge in [-0.25, -0.2) is 12.8 Å². The van der Waals surface area contributed by atoms with Gasteiger partial charge in [-0.3, -0.25) is 13.9 Å². The van der Waals surface area contributed by atoms with Gasteiger partial charge in [0.15, 0.2) is 11.5 Å². The minimum Gasteiger partial charge on any atom is -0.486 e. The zero-order chi connectivity index (χ0) is 36.0. The molecule has 1 N–H and O–H groups in total. The van der Waals surface area contributed by atoms with E-state index in [0.717, 1.165) is 54.1 Å². The Labute approximate surface area is 307 Å². The zero-order valence-electron chi connectivity index (χ0n) is 27.8. The molecular weight excluding hydrogens is 716 g/mol. The highest BCUT2D eigenvalue weighted by atomic mass is 35.5. The lowest BCUT2D eigenvalue weighted by molar-refractivity contribution is -0.140. The maximum absolute atomic E-state index is 14.8. The first-order chi connectivity index (χ1) is 24.6. The SMILES string of the molecule is O=C(NC1CCCCC1)[C@H](Cc1ccccc1)N(Cc1c(Cl)cccc1Cl)C(=O)CN(c1ccc(F)cc1)S(=O)(=O)c1ccc2c(c1)OCCO2. The van der Waals surface area contributed by atoms with Crippen molar-refractivity contribution in [2.45, 2.75) is 62.0 Å². The molecule has 1 fully saturated rings. The number of carbonyl (C=O) groups excluding carboxylic acids is 2. The number of carbonyl (C=O) groups is 2. The average molecular weight is 755 g/mol. The van der Waals surface area contributed by atoms with Crippen molar-refractivity contribution in [3.8, 4) is 11.5 Å². The Morgan fingerprint density at radius 3 is 2.20 bits per heavy atom. The summed E-state index contributed by atoms with van der Waals surface area (Å²) >= 11 is 13.2. The number of amides is 2. The van der Waals surface area contributed by atoms with Crippen molar-refractivity contribution in [3.63, 3.8) is 0 Å². The van der Waals surface area contributed by atoms with Gasteiger partial charge in [0.1, 0.15) is 31.6 Å². The first-order valence-electron chi connectivity index (χ1n) is 16.8. The summed E-state index contributed by atoms with van der Waals surface area (Å²) in [5, 5.41) is 3.73. The van der Waals surface area contributed by atoms with E-state index in [9.17, 15) is 22.4 Å². The van der Waals surface area contributed by atoms with E-state index in [2.05, 4.69) is 5.32 Å². The van der Waals surface area contributed by atoms with Gasteiger partial charge in [-0.2, -0.15) is 0 Å². The number of ether oxygens (including phenoxy) is 2. The molecule has 1 atom stereocenters. The van der Waals surface area contributed by atoms with Gasteiger partial charge >= 0.3 is 0 Å². The van der Waals surface area contributed by atoms with Crippen LogP contribution in [0, 0.1) is 5.82 Å². The van der Waals surface area contributed by atoms with Crippen molar-refractivity contribution in [1.82, 2.24) is 10.2 Å². The van der Waals surface area contributed by atoms with E-state index >= 15 is 0 Å². The minimum absolute atomic E-state index is 0.0432. The van der Waals surface area contributed by atoms with Crippen LogP contribution >= 0.6 is 23.2 Å². The number of sulfonamides is 1. The number of benzene rings is 4. The Hall–Kier alpha value is -4.32. The molecule has 51 heavy (non-hydrogen) atoms. The normalized spacial score (nSPS) is 15.1. The molecule has 1 aliphatic heterocycles. The summed E-state index contributed by atoms with van der Waals surface area (Å²) in [6.45, 7) is -0.359. The van der Waals surface area contributed by atoms with Crippen LogP contribution in [-0.2, 0) is 32.6 Å². The van der Waals surface area contributed by atoms with E-state index in [1.165, 1.54) is 35.2 Å². The molecule has 1 heterocycles. The first kappa shape index (κ1) is 36.5. The van der Waals surface area contributed by atoms with E-state index in [1.807, 2.05) is 30.3 Å². The van der Waals surface area contributed by atoms with E-state index in [1.54, 1.807) is 18.2 Å². The monoisotopic (exact) mass is 753 g/mol. The fourth-order valence-electron chi connectivity index (χ4n) is 6.40. The van der Waals surface area contributed by atoms with Crippen LogP contribution in [0.25, 0.3) is 0 Å². The van der Waals surface area contributed by atoms with Gasteiger partial charge in [0.05, 0.1) is 10.6 Å². The van der Waals surface area contributed by atoms with Gasteiger partial charge in [-0.1, -0.05) is 78.9 Å². The van der Waals surface area contributed by atoms with Crippen molar-refractivity contribution in [1.29, 1.82) is 0 Å². The van der Waals surface area contributed by atoms with Crippen LogP contribution in [-0.4, -0.2) is 57.0 Å². The van der Waals surface area contributed by atoms with Crippen LogP contribution in [0.3, 0.4) is 0 Å². The summed E-state index contributed by atoms with van der Waals surface area (Å²) < 4.78 is 55.1. The molecular formula is C38H38Cl2FN3O6S. The van der Waals surface area contributed by atoms with Crippen LogP contribution in [0.4, 0.5) is 10.1 Å². The molecule has 0 saturated heterocycles. The van der Waals surface area contributed by atoms with E-state index in [0.29, 0.717) is 17.9 Å².